The van der Waals surface area contributed by atoms with Crippen molar-refractivity contribution in [2.75, 3.05) is 26.0 Å². The SMILES string of the molecule is CCCCCCCCCCCCOC(=O)CP(=O)(OCC)OCCCCCCCCCCCC. The molecule has 1 atom stereocenters. The molecule has 0 aromatic heterocycles. The van der Waals surface area contributed by atoms with Crippen LogP contribution in [0.2, 0.25) is 0 Å². The van der Waals surface area contributed by atoms with Crippen molar-refractivity contribution in [1.29, 1.82) is 0 Å². The molecule has 0 aliphatic carbocycles. The molecule has 6 heteroatoms. The Labute approximate surface area is 212 Å². The van der Waals surface area contributed by atoms with Crippen molar-refractivity contribution in [3.63, 3.8) is 0 Å². The molecule has 1 unspecified atom stereocenters. The van der Waals surface area contributed by atoms with Crippen molar-refractivity contribution in [1.82, 2.24) is 0 Å². The summed E-state index contributed by atoms with van der Waals surface area (Å²) in [6, 6.07) is 0. The molecule has 0 radical (unpaired) electrons. The third-order valence-electron chi connectivity index (χ3n) is 6.20. The topological polar surface area (TPSA) is 61.8 Å². The van der Waals surface area contributed by atoms with Gasteiger partial charge >= 0.3 is 13.6 Å². The van der Waals surface area contributed by atoms with Gasteiger partial charge in [0, 0.05) is 0 Å². The van der Waals surface area contributed by atoms with Crippen LogP contribution in [-0.4, -0.2) is 32.0 Å². The third kappa shape index (κ3) is 23.4. The minimum Gasteiger partial charge on any atom is -0.465 e. The van der Waals surface area contributed by atoms with Crippen molar-refractivity contribution >= 4 is 13.6 Å². The first-order valence-corrected chi connectivity index (χ1v) is 16.3. The number of ether oxygens (including phenoxy) is 1. The lowest BCUT2D eigenvalue weighted by Gasteiger charge is -2.17. The predicted molar refractivity (Wildman–Crippen MR) is 145 cm³/mol. The average molecular weight is 505 g/mol. The van der Waals surface area contributed by atoms with Crippen molar-refractivity contribution < 1.29 is 23.1 Å². The standard InChI is InChI=1S/C28H57O5P/c1-4-7-9-11-13-15-17-19-21-23-25-31-28(29)27-34(30,32-6-3)33-26-24-22-20-18-16-14-12-10-8-5-2/h4-27H2,1-3H3. The summed E-state index contributed by atoms with van der Waals surface area (Å²) in [6.45, 7) is 7.29. The largest absolute Gasteiger partial charge is 0.465 e. The summed E-state index contributed by atoms with van der Waals surface area (Å²) in [5.41, 5.74) is 0. The lowest BCUT2D eigenvalue weighted by molar-refractivity contribution is -0.141. The molecule has 0 aromatic rings. The molecule has 5 nitrogen and oxygen atoms in total. The molecule has 0 fully saturated rings. The Kier molecular flexibility index (Phi) is 25.4. The van der Waals surface area contributed by atoms with Gasteiger partial charge in [-0.1, -0.05) is 129 Å². The maximum atomic E-state index is 12.8. The fraction of sp³-hybridized carbons (Fsp3) is 0.964. The Morgan fingerprint density at radius 1 is 0.529 bits per heavy atom. The number of hydrogen-bond donors (Lipinski definition) is 0. The summed E-state index contributed by atoms with van der Waals surface area (Å²) >= 11 is 0. The summed E-state index contributed by atoms with van der Waals surface area (Å²) < 4.78 is 29.0. The van der Waals surface area contributed by atoms with E-state index in [1.807, 2.05) is 0 Å². The number of esters is 1. The van der Waals surface area contributed by atoms with E-state index in [0.717, 1.165) is 25.7 Å². The van der Waals surface area contributed by atoms with Crippen molar-refractivity contribution in [2.45, 2.75) is 149 Å². The molecule has 34 heavy (non-hydrogen) atoms. The second-order valence-electron chi connectivity index (χ2n) is 9.60. The quantitative estimate of drug-likeness (QED) is 0.0633. The molecule has 0 heterocycles. The highest BCUT2D eigenvalue weighted by Crippen LogP contribution is 2.48. The maximum Gasteiger partial charge on any atom is 0.341 e. The van der Waals surface area contributed by atoms with Crippen LogP contribution in [0.4, 0.5) is 0 Å². The minimum atomic E-state index is -3.41. The predicted octanol–water partition coefficient (Wildman–Crippen LogP) is 9.62. The van der Waals surface area contributed by atoms with E-state index in [4.69, 9.17) is 13.8 Å². The summed E-state index contributed by atoms with van der Waals surface area (Å²) in [7, 11) is -3.41. The monoisotopic (exact) mass is 504 g/mol. The Morgan fingerprint density at radius 2 is 0.912 bits per heavy atom. The van der Waals surface area contributed by atoms with Gasteiger partial charge in [-0.3, -0.25) is 9.36 Å². The molecular weight excluding hydrogens is 447 g/mol. The summed E-state index contributed by atoms with van der Waals surface area (Å²) in [4.78, 5) is 12.1. The van der Waals surface area contributed by atoms with Crippen LogP contribution in [0.3, 0.4) is 0 Å². The second kappa shape index (κ2) is 25.7. The minimum absolute atomic E-state index is 0.265. The molecule has 0 aliphatic heterocycles. The summed E-state index contributed by atoms with van der Waals surface area (Å²) in [6.07, 6.45) is 24.4. The van der Waals surface area contributed by atoms with Gasteiger partial charge in [-0.05, 0) is 19.8 Å². The first kappa shape index (κ1) is 33.6. The van der Waals surface area contributed by atoms with Crippen molar-refractivity contribution in [3.05, 3.63) is 0 Å². The molecule has 0 bridgehead atoms. The van der Waals surface area contributed by atoms with Gasteiger partial charge in [-0.2, -0.15) is 0 Å². The van der Waals surface area contributed by atoms with E-state index in [0.29, 0.717) is 13.2 Å². The lowest BCUT2D eigenvalue weighted by Crippen LogP contribution is -2.14. The number of hydrogen-bond acceptors (Lipinski definition) is 5. The first-order valence-electron chi connectivity index (χ1n) is 14.6. The molecule has 0 rings (SSSR count). The van der Waals surface area contributed by atoms with E-state index in [2.05, 4.69) is 13.8 Å². The zero-order valence-electron chi connectivity index (χ0n) is 23.0. The molecule has 0 spiro atoms. The zero-order valence-corrected chi connectivity index (χ0v) is 23.9. The number of unbranched alkanes of at least 4 members (excludes halogenated alkanes) is 18. The van der Waals surface area contributed by atoms with E-state index >= 15 is 0 Å². The van der Waals surface area contributed by atoms with E-state index in [9.17, 15) is 9.36 Å². The average Bonchev–Trinajstić information content (AvgIpc) is 2.81. The molecule has 0 saturated heterocycles. The number of carbonyl (C=O) groups excluding carboxylic acids is 1. The maximum absolute atomic E-state index is 12.8. The van der Waals surface area contributed by atoms with Crippen molar-refractivity contribution in [2.24, 2.45) is 0 Å². The molecule has 0 aromatic carbocycles. The van der Waals surface area contributed by atoms with Gasteiger partial charge in [-0.25, -0.2) is 0 Å². The van der Waals surface area contributed by atoms with E-state index in [-0.39, 0.29) is 12.8 Å². The van der Waals surface area contributed by atoms with Gasteiger partial charge < -0.3 is 13.8 Å². The van der Waals surface area contributed by atoms with Crippen molar-refractivity contribution in [3.8, 4) is 0 Å². The molecule has 0 aliphatic rings. The van der Waals surface area contributed by atoms with Crippen LogP contribution in [0, 0.1) is 0 Å². The van der Waals surface area contributed by atoms with Gasteiger partial charge in [0.1, 0.15) is 6.16 Å². The molecule has 0 N–H and O–H groups in total. The zero-order chi connectivity index (χ0) is 25.2. The Hall–Kier alpha value is -0.380. The van der Waals surface area contributed by atoms with E-state index in [1.165, 1.54) is 103 Å². The van der Waals surface area contributed by atoms with Gasteiger partial charge in [0.25, 0.3) is 0 Å². The highest BCUT2D eigenvalue weighted by Gasteiger charge is 2.28. The van der Waals surface area contributed by atoms with Crippen LogP contribution < -0.4 is 0 Å². The van der Waals surface area contributed by atoms with Gasteiger partial charge in [-0.15, -0.1) is 0 Å². The van der Waals surface area contributed by atoms with Gasteiger partial charge in [0.15, 0.2) is 0 Å². The number of carbonyl (C=O) groups is 1. The van der Waals surface area contributed by atoms with Crippen LogP contribution in [0.5, 0.6) is 0 Å². The Bertz CT molecular complexity index is 483. The van der Waals surface area contributed by atoms with Crippen LogP contribution in [-0.2, 0) is 23.1 Å². The van der Waals surface area contributed by atoms with Crippen LogP contribution in [0.25, 0.3) is 0 Å². The normalized spacial score (nSPS) is 13.1. The van der Waals surface area contributed by atoms with Crippen LogP contribution in [0.15, 0.2) is 0 Å². The lowest BCUT2D eigenvalue weighted by atomic mass is 10.1. The van der Waals surface area contributed by atoms with E-state index in [1.54, 1.807) is 6.92 Å². The number of rotatable bonds is 27. The smallest absolute Gasteiger partial charge is 0.341 e. The summed E-state index contributed by atoms with van der Waals surface area (Å²) in [5, 5.41) is 0. The van der Waals surface area contributed by atoms with Gasteiger partial charge in [0.2, 0.25) is 0 Å². The Balaban J connectivity index is 3.75. The van der Waals surface area contributed by atoms with Crippen LogP contribution >= 0.6 is 7.60 Å². The first-order chi connectivity index (χ1) is 16.6. The Morgan fingerprint density at radius 3 is 1.32 bits per heavy atom. The fourth-order valence-electron chi connectivity index (χ4n) is 4.10. The molecule has 0 amide bonds. The molecule has 204 valence electrons. The molecular formula is C28H57O5P. The highest BCUT2D eigenvalue weighted by atomic mass is 31.2. The van der Waals surface area contributed by atoms with Gasteiger partial charge in [0.05, 0.1) is 19.8 Å². The summed E-state index contributed by atoms with van der Waals surface area (Å²) in [5.74, 6) is -0.476. The highest BCUT2D eigenvalue weighted by molar-refractivity contribution is 7.54. The van der Waals surface area contributed by atoms with E-state index < -0.39 is 13.6 Å². The second-order valence-corrected chi connectivity index (χ2v) is 11.7. The third-order valence-corrected chi connectivity index (χ3v) is 8.07. The van der Waals surface area contributed by atoms with Crippen LogP contribution in [0.1, 0.15) is 149 Å². The molecule has 0 saturated carbocycles. The fourth-order valence-corrected chi connectivity index (χ4v) is 5.56.